The summed E-state index contributed by atoms with van der Waals surface area (Å²) in [6.45, 7) is 4.27. The van der Waals surface area contributed by atoms with E-state index in [-0.39, 0.29) is 5.91 Å². The van der Waals surface area contributed by atoms with E-state index in [1.54, 1.807) is 11.3 Å². The number of rotatable bonds is 6. The van der Waals surface area contributed by atoms with E-state index in [2.05, 4.69) is 53.7 Å². The molecule has 0 spiro atoms. The predicted molar refractivity (Wildman–Crippen MR) is 120 cm³/mol. The van der Waals surface area contributed by atoms with E-state index in [0.717, 1.165) is 23.3 Å². The van der Waals surface area contributed by atoms with E-state index >= 15 is 0 Å². The number of carbonyl (C=O) groups excluding carboxylic acids is 1. The molecule has 4 aliphatic carbocycles. The topological polar surface area (TPSA) is 54.0 Å². The van der Waals surface area contributed by atoms with Crippen LogP contribution in [-0.2, 0) is 11.2 Å². The van der Waals surface area contributed by atoms with Gasteiger partial charge in [0.25, 0.3) is 0 Å². The third-order valence-corrected chi connectivity index (χ3v) is 8.32. The van der Waals surface area contributed by atoms with E-state index in [1.807, 2.05) is 6.20 Å². The number of hydrogen-bond acceptors (Lipinski definition) is 4. The molecule has 0 aliphatic heterocycles. The maximum atomic E-state index is 12.4. The average molecular weight is 410 g/mol. The fourth-order valence-electron chi connectivity index (χ4n) is 6.24. The number of benzene rings is 1. The molecule has 1 heterocycles. The van der Waals surface area contributed by atoms with Crippen LogP contribution < -0.4 is 10.6 Å². The first-order valence-corrected chi connectivity index (χ1v) is 11.9. The maximum Gasteiger partial charge on any atom is 0.230 e. The van der Waals surface area contributed by atoms with Crippen LogP contribution in [0.4, 0.5) is 10.8 Å². The Morgan fingerprint density at radius 1 is 1.10 bits per heavy atom. The Kier molecular flexibility index (Phi) is 4.89. The highest BCUT2D eigenvalue weighted by Crippen LogP contribution is 2.56. The highest BCUT2D eigenvalue weighted by molar-refractivity contribution is 7.15. The fraction of sp³-hybridized carbons (Fsp3) is 0.583. The van der Waals surface area contributed by atoms with Gasteiger partial charge in [0.2, 0.25) is 5.91 Å². The quantitative estimate of drug-likeness (QED) is 0.631. The molecule has 4 aliphatic rings. The summed E-state index contributed by atoms with van der Waals surface area (Å²) in [6, 6.07) is 8.48. The molecule has 4 bridgehead atoms. The summed E-state index contributed by atoms with van der Waals surface area (Å²) < 4.78 is 0. The Morgan fingerprint density at radius 2 is 1.72 bits per heavy atom. The lowest BCUT2D eigenvalue weighted by atomic mass is 9.53. The number of nitrogens with zero attached hydrogens (tertiary/aromatic N) is 1. The Labute approximate surface area is 177 Å². The summed E-state index contributed by atoms with van der Waals surface area (Å²) in [4.78, 5) is 17.9. The molecule has 6 rings (SSSR count). The minimum absolute atomic E-state index is 0.00329. The molecule has 1 aromatic heterocycles. The average Bonchev–Trinajstić information content (AvgIpc) is 3.10. The van der Waals surface area contributed by atoms with E-state index in [4.69, 9.17) is 0 Å². The second kappa shape index (κ2) is 7.42. The molecular weight excluding hydrogens is 378 g/mol. The van der Waals surface area contributed by atoms with E-state index < -0.39 is 0 Å². The summed E-state index contributed by atoms with van der Waals surface area (Å²) in [5.74, 6) is 3.26. The lowest BCUT2D eigenvalue weighted by Crippen LogP contribution is -2.54. The van der Waals surface area contributed by atoms with Crippen molar-refractivity contribution in [1.29, 1.82) is 0 Å². The van der Waals surface area contributed by atoms with Crippen molar-refractivity contribution in [2.45, 2.75) is 70.3 Å². The minimum Gasteiger partial charge on any atom is -0.380 e. The van der Waals surface area contributed by atoms with Gasteiger partial charge in [-0.3, -0.25) is 4.79 Å². The third kappa shape index (κ3) is 4.07. The van der Waals surface area contributed by atoms with Gasteiger partial charge >= 0.3 is 0 Å². The van der Waals surface area contributed by atoms with Crippen molar-refractivity contribution in [3.63, 3.8) is 0 Å². The second-order valence-corrected chi connectivity index (χ2v) is 11.0. The number of carbonyl (C=O) groups is 1. The van der Waals surface area contributed by atoms with Gasteiger partial charge in [0.15, 0.2) is 5.13 Å². The molecule has 1 amide bonds. The molecule has 1 aromatic carbocycles. The minimum atomic E-state index is -0.00329. The van der Waals surface area contributed by atoms with Crippen LogP contribution in [-0.4, -0.2) is 16.4 Å². The van der Waals surface area contributed by atoms with Crippen molar-refractivity contribution < 1.29 is 4.79 Å². The van der Waals surface area contributed by atoms with Crippen LogP contribution in [0.5, 0.6) is 0 Å². The first-order chi connectivity index (χ1) is 14.0. The number of amides is 1. The highest BCUT2D eigenvalue weighted by atomic mass is 32.1. The van der Waals surface area contributed by atoms with Gasteiger partial charge in [-0.05, 0) is 79.9 Å². The SMILES string of the molecule is CC(C)c1cnc(NC(=O)Cc2ccc(NC34CC5CC(CC(C5)C3)C4)cc2)s1. The van der Waals surface area contributed by atoms with Crippen molar-refractivity contribution in [3.8, 4) is 0 Å². The Bertz CT molecular complexity index is 851. The smallest absolute Gasteiger partial charge is 0.230 e. The first-order valence-electron chi connectivity index (χ1n) is 11.1. The highest BCUT2D eigenvalue weighted by Gasteiger charge is 2.50. The lowest BCUT2D eigenvalue weighted by molar-refractivity contribution is -0.115. The predicted octanol–water partition coefficient (Wildman–Crippen LogP) is 5.83. The molecule has 0 atom stereocenters. The van der Waals surface area contributed by atoms with Crippen molar-refractivity contribution in [2.24, 2.45) is 17.8 Å². The summed E-state index contributed by atoms with van der Waals surface area (Å²) in [5, 5.41) is 7.54. The fourth-order valence-corrected chi connectivity index (χ4v) is 7.07. The number of anilines is 2. The second-order valence-electron chi connectivity index (χ2n) is 9.97. The van der Waals surface area contributed by atoms with Gasteiger partial charge in [-0.15, -0.1) is 11.3 Å². The maximum absolute atomic E-state index is 12.4. The van der Waals surface area contributed by atoms with Gasteiger partial charge in [0.1, 0.15) is 0 Å². The molecule has 0 saturated heterocycles. The van der Waals surface area contributed by atoms with Gasteiger partial charge < -0.3 is 10.6 Å². The summed E-state index contributed by atoms with van der Waals surface area (Å²) >= 11 is 1.56. The van der Waals surface area contributed by atoms with E-state index in [9.17, 15) is 4.79 Å². The van der Waals surface area contributed by atoms with E-state index in [1.165, 1.54) is 49.1 Å². The number of hydrogen-bond donors (Lipinski definition) is 2. The van der Waals surface area contributed by atoms with Gasteiger partial charge in [-0.25, -0.2) is 4.98 Å². The molecule has 4 nitrogen and oxygen atoms in total. The molecule has 0 unspecified atom stereocenters. The molecule has 4 saturated carbocycles. The molecule has 29 heavy (non-hydrogen) atoms. The summed E-state index contributed by atoms with van der Waals surface area (Å²) in [5.41, 5.74) is 2.57. The Morgan fingerprint density at radius 3 is 2.28 bits per heavy atom. The monoisotopic (exact) mass is 409 g/mol. The normalized spacial score (nSPS) is 30.0. The van der Waals surface area contributed by atoms with Crippen molar-refractivity contribution in [3.05, 3.63) is 40.9 Å². The molecule has 154 valence electrons. The zero-order chi connectivity index (χ0) is 20.0. The van der Waals surface area contributed by atoms with Crippen LogP contribution in [0.2, 0.25) is 0 Å². The number of nitrogens with one attached hydrogen (secondary N) is 2. The molecule has 2 N–H and O–H groups in total. The van der Waals surface area contributed by atoms with Gasteiger partial charge in [-0.1, -0.05) is 26.0 Å². The number of thiazole rings is 1. The van der Waals surface area contributed by atoms with Crippen LogP contribution in [0.15, 0.2) is 30.5 Å². The third-order valence-electron chi connectivity index (χ3n) is 7.11. The van der Waals surface area contributed by atoms with E-state index in [0.29, 0.717) is 23.0 Å². The molecular formula is C24H31N3OS. The standard InChI is InChI=1S/C24H31N3OS/c1-15(2)21-14-25-23(29-21)26-22(28)10-16-3-5-20(6-4-16)27-24-11-17-7-18(12-24)9-19(8-17)13-24/h3-6,14-15,17-19,27H,7-13H2,1-2H3,(H,25,26,28). The lowest BCUT2D eigenvalue weighted by Gasteiger charge is -2.57. The van der Waals surface area contributed by atoms with Crippen LogP contribution in [0.1, 0.15) is 68.7 Å². The van der Waals surface area contributed by atoms with Crippen LogP contribution >= 0.6 is 11.3 Å². The molecule has 5 heteroatoms. The van der Waals surface area contributed by atoms with Gasteiger partial charge in [0.05, 0.1) is 6.42 Å². The molecule has 2 aromatic rings. The largest absolute Gasteiger partial charge is 0.380 e. The van der Waals surface area contributed by atoms with Crippen LogP contribution in [0.25, 0.3) is 0 Å². The van der Waals surface area contributed by atoms with Crippen LogP contribution in [0, 0.1) is 17.8 Å². The Balaban J connectivity index is 1.19. The molecule has 0 radical (unpaired) electrons. The first kappa shape index (κ1) is 19.1. The Hall–Kier alpha value is -1.88. The van der Waals surface area contributed by atoms with Crippen molar-refractivity contribution in [1.82, 2.24) is 4.98 Å². The van der Waals surface area contributed by atoms with Gasteiger partial charge in [-0.2, -0.15) is 0 Å². The van der Waals surface area contributed by atoms with Crippen molar-refractivity contribution >= 4 is 28.1 Å². The number of aromatic nitrogens is 1. The van der Waals surface area contributed by atoms with Crippen molar-refractivity contribution in [2.75, 3.05) is 10.6 Å². The zero-order valence-electron chi connectivity index (χ0n) is 17.4. The van der Waals surface area contributed by atoms with Crippen LogP contribution in [0.3, 0.4) is 0 Å². The zero-order valence-corrected chi connectivity index (χ0v) is 18.2. The van der Waals surface area contributed by atoms with Gasteiger partial charge in [0, 0.05) is 22.3 Å². The summed E-state index contributed by atoms with van der Waals surface area (Å²) in [7, 11) is 0. The summed E-state index contributed by atoms with van der Waals surface area (Å²) in [6.07, 6.45) is 10.7. The molecule has 4 fully saturated rings.